The van der Waals surface area contributed by atoms with Crippen molar-refractivity contribution in [3.8, 4) is 0 Å². The highest BCUT2D eigenvalue weighted by molar-refractivity contribution is 5.92. The van der Waals surface area contributed by atoms with E-state index in [1.165, 1.54) is 6.07 Å². The summed E-state index contributed by atoms with van der Waals surface area (Å²) in [6, 6.07) is 11.3. The molecule has 1 aromatic heterocycles. The molecule has 0 unspecified atom stereocenters. The van der Waals surface area contributed by atoms with Gasteiger partial charge in [0.05, 0.1) is 10.9 Å². The van der Waals surface area contributed by atoms with Gasteiger partial charge in [0.1, 0.15) is 18.1 Å². The van der Waals surface area contributed by atoms with Crippen molar-refractivity contribution in [2.45, 2.75) is 57.7 Å². The molecule has 0 aliphatic carbocycles. The molecule has 12 nitrogen and oxygen atoms in total. The number of nitrogens with two attached hydrogens (primary N) is 1. The molecule has 0 fully saturated rings. The molecule has 40 heavy (non-hydrogen) atoms. The highest BCUT2D eigenvalue weighted by Crippen LogP contribution is 2.15. The third-order valence-corrected chi connectivity index (χ3v) is 6.36. The third kappa shape index (κ3) is 7.65. The Bertz CT molecular complexity index is 1500. The Hall–Kier alpha value is -4.74. The molecule has 0 aliphatic rings. The maximum atomic E-state index is 13.7. The van der Waals surface area contributed by atoms with Crippen molar-refractivity contribution in [2.75, 3.05) is 0 Å². The molecule has 2 aromatic carbocycles. The normalized spacial score (nSPS) is 13.4. The zero-order chi connectivity index (χ0) is 29.4. The lowest BCUT2D eigenvalue weighted by Gasteiger charge is -2.25. The van der Waals surface area contributed by atoms with Crippen LogP contribution in [0.1, 0.15) is 44.7 Å². The average Bonchev–Trinajstić information content (AvgIpc) is 2.90. The molecule has 3 amide bonds. The minimum absolute atomic E-state index is 0.0274. The molecule has 3 atom stereocenters. The highest BCUT2D eigenvalue weighted by Gasteiger charge is 2.31. The fourth-order valence-corrected chi connectivity index (χ4v) is 4.38. The largest absolute Gasteiger partial charge is 0.480 e. The van der Waals surface area contributed by atoms with Gasteiger partial charge in [-0.25, -0.2) is 14.2 Å². The van der Waals surface area contributed by atoms with Crippen molar-refractivity contribution in [3.05, 3.63) is 81.0 Å². The number of carbonyl (C=O) groups is 4. The number of fused-ring (bicyclic) bond motifs is 1. The number of rotatable bonds is 13. The van der Waals surface area contributed by atoms with Crippen molar-refractivity contribution in [3.63, 3.8) is 0 Å². The summed E-state index contributed by atoms with van der Waals surface area (Å²) in [5.74, 6) is -3.72. The first kappa shape index (κ1) is 29.8. The van der Waals surface area contributed by atoms with Crippen LogP contribution >= 0.6 is 0 Å². The van der Waals surface area contributed by atoms with Gasteiger partial charge in [-0.1, -0.05) is 56.3 Å². The summed E-state index contributed by atoms with van der Waals surface area (Å²) >= 11 is 0. The van der Waals surface area contributed by atoms with Gasteiger partial charge in [-0.05, 0) is 36.5 Å². The predicted octanol–water partition coefficient (Wildman–Crippen LogP) is 0.839. The number of carboxylic acids is 1. The van der Waals surface area contributed by atoms with E-state index in [1.807, 2.05) is 13.8 Å². The molecule has 0 saturated heterocycles. The topological polar surface area (TPSA) is 193 Å². The number of amides is 3. The SMILES string of the molecule is CC(C)C[C@H](NC(=O)[C@H](Cc1ccccc1)n1c(=O)[nH]c2ccccc2c1=O)C(=O)N[C@H](CCC(N)=O)C(=O)O. The van der Waals surface area contributed by atoms with Crippen LogP contribution in [0.25, 0.3) is 10.9 Å². The summed E-state index contributed by atoms with van der Waals surface area (Å²) in [7, 11) is 0. The van der Waals surface area contributed by atoms with Gasteiger partial charge >= 0.3 is 11.7 Å². The standard InChI is InChI=1S/C28H33N5O7/c1-16(2)14-21(24(35)30-20(27(38)39)12-13-23(29)34)31-25(36)22(15-17-8-4-3-5-9-17)33-26(37)18-10-6-7-11-19(18)32-28(33)40/h3-11,16,20-22H,12-15H2,1-2H3,(H2,29,34)(H,30,35)(H,31,36)(H,32,40)(H,38,39)/t20-,21+,22+/m1/s1. The lowest BCUT2D eigenvalue weighted by molar-refractivity contribution is -0.142. The van der Waals surface area contributed by atoms with E-state index in [-0.39, 0.29) is 37.0 Å². The Balaban J connectivity index is 1.98. The number of carbonyl (C=O) groups excluding carboxylic acids is 3. The summed E-state index contributed by atoms with van der Waals surface area (Å²) in [5, 5.41) is 14.7. The van der Waals surface area contributed by atoms with E-state index in [9.17, 15) is 33.9 Å². The third-order valence-electron chi connectivity index (χ3n) is 6.36. The van der Waals surface area contributed by atoms with Gasteiger partial charge in [0.2, 0.25) is 17.7 Å². The number of carboxylic acid groups (broad SMARTS) is 1. The fourth-order valence-electron chi connectivity index (χ4n) is 4.38. The Kier molecular flexibility index (Phi) is 9.96. The first-order valence-electron chi connectivity index (χ1n) is 12.9. The lowest BCUT2D eigenvalue weighted by atomic mass is 10.00. The first-order valence-corrected chi connectivity index (χ1v) is 12.9. The van der Waals surface area contributed by atoms with Crippen molar-refractivity contribution < 1.29 is 24.3 Å². The predicted molar refractivity (Wildman–Crippen MR) is 147 cm³/mol. The molecule has 6 N–H and O–H groups in total. The molecular weight excluding hydrogens is 518 g/mol. The first-order chi connectivity index (χ1) is 19.0. The lowest BCUT2D eigenvalue weighted by Crippen LogP contribution is -2.54. The molecule has 212 valence electrons. The molecular formula is C28H33N5O7. The van der Waals surface area contributed by atoms with Gasteiger partial charge in [-0.3, -0.25) is 19.2 Å². The number of hydrogen-bond acceptors (Lipinski definition) is 6. The zero-order valence-electron chi connectivity index (χ0n) is 22.3. The van der Waals surface area contributed by atoms with Gasteiger partial charge in [-0.15, -0.1) is 0 Å². The van der Waals surface area contributed by atoms with E-state index >= 15 is 0 Å². The maximum absolute atomic E-state index is 13.7. The highest BCUT2D eigenvalue weighted by atomic mass is 16.4. The Labute approximate surface area is 229 Å². The van der Waals surface area contributed by atoms with Gasteiger partial charge in [0.25, 0.3) is 5.56 Å². The van der Waals surface area contributed by atoms with Crippen molar-refractivity contribution in [2.24, 2.45) is 11.7 Å². The molecule has 0 spiro atoms. The summed E-state index contributed by atoms with van der Waals surface area (Å²) in [5.41, 5.74) is 4.65. The van der Waals surface area contributed by atoms with Crippen LogP contribution in [0, 0.1) is 5.92 Å². The van der Waals surface area contributed by atoms with Crippen molar-refractivity contribution >= 4 is 34.6 Å². The fraction of sp³-hybridized carbons (Fsp3) is 0.357. The number of H-pyrrole nitrogens is 1. The Morgan fingerprint density at radius 2 is 1.55 bits per heavy atom. The van der Waals surface area contributed by atoms with Crippen LogP contribution in [-0.2, 0) is 25.6 Å². The molecule has 0 bridgehead atoms. The van der Waals surface area contributed by atoms with E-state index in [0.29, 0.717) is 11.1 Å². The zero-order valence-corrected chi connectivity index (χ0v) is 22.3. The number of nitrogens with zero attached hydrogens (tertiary/aromatic N) is 1. The van der Waals surface area contributed by atoms with Crippen LogP contribution in [0.3, 0.4) is 0 Å². The second-order valence-electron chi connectivity index (χ2n) is 9.95. The van der Waals surface area contributed by atoms with Crippen LogP contribution < -0.4 is 27.6 Å². The Morgan fingerprint density at radius 1 is 0.925 bits per heavy atom. The van der Waals surface area contributed by atoms with Crippen LogP contribution in [0.4, 0.5) is 0 Å². The molecule has 1 heterocycles. The monoisotopic (exact) mass is 551 g/mol. The minimum atomic E-state index is -1.40. The molecule has 0 aliphatic heterocycles. The number of hydrogen-bond donors (Lipinski definition) is 5. The Morgan fingerprint density at radius 3 is 2.17 bits per heavy atom. The van der Waals surface area contributed by atoms with Gasteiger partial charge in [0.15, 0.2) is 0 Å². The number of benzene rings is 2. The molecule has 12 heteroatoms. The average molecular weight is 552 g/mol. The number of aliphatic carboxylic acids is 1. The maximum Gasteiger partial charge on any atom is 0.329 e. The molecule has 3 rings (SSSR count). The van der Waals surface area contributed by atoms with Gasteiger partial charge in [0, 0.05) is 12.8 Å². The quantitative estimate of drug-likeness (QED) is 0.208. The van der Waals surface area contributed by atoms with E-state index in [4.69, 9.17) is 5.73 Å². The second-order valence-corrected chi connectivity index (χ2v) is 9.95. The van der Waals surface area contributed by atoms with E-state index in [1.54, 1.807) is 48.5 Å². The number of para-hydroxylation sites is 1. The smallest absolute Gasteiger partial charge is 0.329 e. The van der Waals surface area contributed by atoms with E-state index < -0.39 is 53.1 Å². The summed E-state index contributed by atoms with van der Waals surface area (Å²) in [4.78, 5) is 78.8. The van der Waals surface area contributed by atoms with Crippen molar-refractivity contribution in [1.29, 1.82) is 0 Å². The van der Waals surface area contributed by atoms with Gasteiger partial charge < -0.3 is 26.5 Å². The molecule has 0 radical (unpaired) electrons. The molecule has 0 saturated carbocycles. The van der Waals surface area contributed by atoms with Crippen LogP contribution in [0.15, 0.2) is 64.2 Å². The number of primary amides is 1. The van der Waals surface area contributed by atoms with Crippen LogP contribution in [0.2, 0.25) is 0 Å². The van der Waals surface area contributed by atoms with E-state index in [2.05, 4.69) is 15.6 Å². The summed E-state index contributed by atoms with van der Waals surface area (Å²) in [6.45, 7) is 3.63. The van der Waals surface area contributed by atoms with Gasteiger partial charge in [-0.2, -0.15) is 0 Å². The van der Waals surface area contributed by atoms with Crippen molar-refractivity contribution in [1.82, 2.24) is 20.2 Å². The number of aromatic amines is 1. The summed E-state index contributed by atoms with van der Waals surface area (Å²) in [6.07, 6.45) is -0.371. The van der Waals surface area contributed by atoms with Crippen LogP contribution in [0.5, 0.6) is 0 Å². The van der Waals surface area contributed by atoms with Crippen LogP contribution in [-0.4, -0.2) is 50.4 Å². The molecule has 3 aromatic rings. The number of aromatic nitrogens is 2. The minimum Gasteiger partial charge on any atom is -0.480 e. The number of nitrogens with one attached hydrogen (secondary N) is 3. The second kappa shape index (κ2) is 13.4. The summed E-state index contributed by atoms with van der Waals surface area (Å²) < 4.78 is 0.835. The van der Waals surface area contributed by atoms with E-state index in [0.717, 1.165) is 4.57 Å².